The Hall–Kier alpha value is -2.47. The van der Waals surface area contributed by atoms with E-state index in [1.54, 1.807) is 12.1 Å². The van der Waals surface area contributed by atoms with E-state index in [0.29, 0.717) is 5.13 Å². The summed E-state index contributed by atoms with van der Waals surface area (Å²) in [7, 11) is 0. The van der Waals surface area contributed by atoms with Gasteiger partial charge in [-0.25, -0.2) is 14.2 Å². The molecule has 0 spiro atoms. The molecule has 1 fully saturated rings. The van der Waals surface area contributed by atoms with Gasteiger partial charge in [-0.15, -0.1) is 0 Å². The Labute approximate surface area is 149 Å². The standard InChI is InChI=1S/C19H18FN3OS/c20-14-9-7-13(8-10-14)12-15-4-3-11-23(15)19(24)22-18-21-16-5-1-2-6-17(16)25-18/h1-2,5-10,15H,3-4,11-12H2,(H,21,22,24)/t15-/m0/s1. The average Bonchev–Trinajstić information content (AvgIpc) is 3.23. The highest BCUT2D eigenvalue weighted by molar-refractivity contribution is 7.22. The lowest BCUT2D eigenvalue weighted by Crippen LogP contribution is -2.39. The highest BCUT2D eigenvalue weighted by atomic mass is 32.1. The highest BCUT2D eigenvalue weighted by Gasteiger charge is 2.29. The van der Waals surface area contributed by atoms with Crippen LogP contribution in [0, 0.1) is 5.82 Å². The fraction of sp³-hybridized carbons (Fsp3) is 0.263. The number of carbonyl (C=O) groups excluding carboxylic acids is 1. The molecule has 3 aromatic rings. The number of para-hydroxylation sites is 1. The number of fused-ring (bicyclic) bond motifs is 1. The van der Waals surface area contributed by atoms with Crippen molar-refractivity contribution >= 4 is 32.7 Å². The van der Waals surface area contributed by atoms with Crippen LogP contribution in [0.1, 0.15) is 18.4 Å². The fourth-order valence-electron chi connectivity index (χ4n) is 3.30. The Morgan fingerprint density at radius 2 is 2.04 bits per heavy atom. The van der Waals surface area contributed by atoms with Crippen molar-refractivity contribution in [3.05, 3.63) is 59.9 Å². The van der Waals surface area contributed by atoms with Crippen LogP contribution in [-0.4, -0.2) is 28.5 Å². The molecule has 0 aliphatic carbocycles. The summed E-state index contributed by atoms with van der Waals surface area (Å²) < 4.78 is 14.1. The van der Waals surface area contributed by atoms with Crippen molar-refractivity contribution in [1.29, 1.82) is 0 Å². The molecule has 0 unspecified atom stereocenters. The molecule has 1 atom stereocenters. The molecule has 2 aromatic carbocycles. The Bertz CT molecular complexity index is 860. The number of amides is 2. The molecule has 4 rings (SSSR count). The first kappa shape index (κ1) is 16.0. The number of urea groups is 1. The maximum Gasteiger partial charge on any atom is 0.323 e. The lowest BCUT2D eigenvalue weighted by atomic mass is 10.0. The number of halogens is 1. The smallest absolute Gasteiger partial charge is 0.321 e. The highest BCUT2D eigenvalue weighted by Crippen LogP contribution is 2.27. The third-order valence-corrected chi connectivity index (χ3v) is 5.48. The number of hydrogen-bond donors (Lipinski definition) is 1. The van der Waals surface area contributed by atoms with E-state index in [9.17, 15) is 9.18 Å². The quantitative estimate of drug-likeness (QED) is 0.742. The van der Waals surface area contributed by atoms with Gasteiger partial charge in [0.1, 0.15) is 5.82 Å². The van der Waals surface area contributed by atoms with Crippen LogP contribution >= 0.6 is 11.3 Å². The predicted molar refractivity (Wildman–Crippen MR) is 98.5 cm³/mol. The van der Waals surface area contributed by atoms with E-state index in [2.05, 4.69) is 10.3 Å². The van der Waals surface area contributed by atoms with Crippen molar-refractivity contribution in [2.75, 3.05) is 11.9 Å². The Balaban J connectivity index is 1.45. The Kier molecular flexibility index (Phi) is 4.36. The van der Waals surface area contributed by atoms with Crippen LogP contribution in [-0.2, 0) is 6.42 Å². The molecule has 4 nitrogen and oxygen atoms in total. The van der Waals surface area contributed by atoms with E-state index >= 15 is 0 Å². The second kappa shape index (κ2) is 6.80. The minimum Gasteiger partial charge on any atom is -0.321 e. The van der Waals surface area contributed by atoms with Gasteiger partial charge in [0.05, 0.1) is 10.2 Å². The van der Waals surface area contributed by atoms with E-state index in [1.165, 1.54) is 23.5 Å². The van der Waals surface area contributed by atoms with Gasteiger partial charge in [-0.3, -0.25) is 5.32 Å². The second-order valence-electron chi connectivity index (χ2n) is 6.24. The first-order chi connectivity index (χ1) is 12.2. The van der Waals surface area contributed by atoms with Crippen molar-refractivity contribution in [1.82, 2.24) is 9.88 Å². The minimum atomic E-state index is -0.236. The summed E-state index contributed by atoms with van der Waals surface area (Å²) in [5.41, 5.74) is 1.94. The average molecular weight is 355 g/mol. The van der Waals surface area contributed by atoms with Gasteiger partial charge in [0.15, 0.2) is 5.13 Å². The molecule has 1 saturated heterocycles. The summed E-state index contributed by atoms with van der Waals surface area (Å²) in [6, 6.07) is 14.4. The van der Waals surface area contributed by atoms with Gasteiger partial charge in [0.2, 0.25) is 0 Å². The van der Waals surface area contributed by atoms with E-state index in [0.717, 1.165) is 41.6 Å². The molecule has 2 heterocycles. The maximum atomic E-state index is 13.1. The number of anilines is 1. The van der Waals surface area contributed by atoms with Crippen LogP contribution in [0.25, 0.3) is 10.2 Å². The number of thiazole rings is 1. The lowest BCUT2D eigenvalue weighted by Gasteiger charge is -2.24. The van der Waals surface area contributed by atoms with Crippen molar-refractivity contribution in [3.63, 3.8) is 0 Å². The third-order valence-electron chi connectivity index (χ3n) is 4.53. The van der Waals surface area contributed by atoms with Crippen LogP contribution in [0.3, 0.4) is 0 Å². The molecule has 1 aliphatic rings. The maximum absolute atomic E-state index is 13.1. The largest absolute Gasteiger partial charge is 0.323 e. The molecule has 25 heavy (non-hydrogen) atoms. The summed E-state index contributed by atoms with van der Waals surface area (Å²) in [5.74, 6) is -0.236. The van der Waals surface area contributed by atoms with E-state index in [-0.39, 0.29) is 17.9 Å². The summed E-state index contributed by atoms with van der Waals surface area (Å²) in [6.07, 6.45) is 2.69. The minimum absolute atomic E-state index is 0.108. The van der Waals surface area contributed by atoms with Gasteiger partial charge >= 0.3 is 6.03 Å². The summed E-state index contributed by atoms with van der Waals surface area (Å²) in [4.78, 5) is 19.0. The van der Waals surface area contributed by atoms with E-state index in [4.69, 9.17) is 0 Å². The zero-order valence-corrected chi connectivity index (χ0v) is 14.4. The van der Waals surface area contributed by atoms with E-state index < -0.39 is 0 Å². The summed E-state index contributed by atoms with van der Waals surface area (Å²) >= 11 is 1.48. The second-order valence-corrected chi connectivity index (χ2v) is 7.27. The topological polar surface area (TPSA) is 45.2 Å². The molecule has 1 N–H and O–H groups in total. The first-order valence-corrected chi connectivity index (χ1v) is 9.18. The zero-order valence-electron chi connectivity index (χ0n) is 13.6. The van der Waals surface area contributed by atoms with Crippen LogP contribution in [0.5, 0.6) is 0 Å². The van der Waals surface area contributed by atoms with Crippen LogP contribution in [0.2, 0.25) is 0 Å². The van der Waals surface area contributed by atoms with Gasteiger partial charge in [-0.1, -0.05) is 35.6 Å². The molecule has 6 heteroatoms. The fourth-order valence-corrected chi connectivity index (χ4v) is 4.15. The molecule has 128 valence electrons. The summed E-state index contributed by atoms with van der Waals surface area (Å²) in [6.45, 7) is 0.739. The molecule has 0 radical (unpaired) electrons. The van der Waals surface area contributed by atoms with Crippen molar-refractivity contribution < 1.29 is 9.18 Å². The van der Waals surface area contributed by atoms with Crippen molar-refractivity contribution in [2.45, 2.75) is 25.3 Å². The number of hydrogen-bond acceptors (Lipinski definition) is 3. The number of carbonyl (C=O) groups is 1. The molecular formula is C19H18FN3OS. The lowest BCUT2D eigenvalue weighted by molar-refractivity contribution is 0.206. The molecule has 1 aromatic heterocycles. The van der Waals surface area contributed by atoms with Gasteiger partial charge in [0.25, 0.3) is 0 Å². The monoisotopic (exact) mass is 355 g/mol. The van der Waals surface area contributed by atoms with Gasteiger partial charge < -0.3 is 4.90 Å². The Morgan fingerprint density at radius 3 is 2.84 bits per heavy atom. The normalized spacial score (nSPS) is 17.2. The van der Waals surface area contributed by atoms with Crippen LogP contribution < -0.4 is 5.32 Å². The van der Waals surface area contributed by atoms with Crippen molar-refractivity contribution in [2.24, 2.45) is 0 Å². The summed E-state index contributed by atoms with van der Waals surface area (Å²) in [5, 5.41) is 3.56. The number of nitrogens with zero attached hydrogens (tertiary/aromatic N) is 2. The molecule has 2 amide bonds. The van der Waals surface area contributed by atoms with Crippen LogP contribution in [0.15, 0.2) is 48.5 Å². The molecular weight excluding hydrogens is 337 g/mol. The van der Waals surface area contributed by atoms with E-state index in [1.807, 2.05) is 29.2 Å². The first-order valence-electron chi connectivity index (χ1n) is 8.37. The van der Waals surface area contributed by atoms with Gasteiger partial charge in [-0.2, -0.15) is 0 Å². The molecule has 0 bridgehead atoms. The molecule has 1 aliphatic heterocycles. The third kappa shape index (κ3) is 3.49. The SMILES string of the molecule is O=C(Nc1nc2ccccc2s1)N1CCC[C@H]1Cc1ccc(F)cc1. The number of likely N-dealkylation sites (tertiary alicyclic amines) is 1. The zero-order chi connectivity index (χ0) is 17.2. The van der Waals surface area contributed by atoms with Gasteiger partial charge in [0, 0.05) is 12.6 Å². The number of nitrogens with one attached hydrogen (secondary N) is 1. The molecule has 0 saturated carbocycles. The number of benzene rings is 2. The van der Waals surface area contributed by atoms with Gasteiger partial charge in [-0.05, 0) is 49.1 Å². The number of rotatable bonds is 3. The predicted octanol–water partition coefficient (Wildman–Crippen LogP) is 4.67. The number of aromatic nitrogens is 1. The Morgan fingerprint density at radius 1 is 1.24 bits per heavy atom. The van der Waals surface area contributed by atoms with Crippen LogP contribution in [0.4, 0.5) is 14.3 Å². The van der Waals surface area contributed by atoms with Crippen molar-refractivity contribution in [3.8, 4) is 0 Å².